The third-order valence-electron chi connectivity index (χ3n) is 4.72. The molecule has 0 radical (unpaired) electrons. The lowest BCUT2D eigenvalue weighted by Crippen LogP contribution is -2.31. The Morgan fingerprint density at radius 2 is 1.69 bits per heavy atom. The molecule has 0 saturated carbocycles. The maximum atomic E-state index is 13.7. The van der Waals surface area contributed by atoms with Crippen LogP contribution in [0.15, 0.2) is 35.2 Å². The van der Waals surface area contributed by atoms with Crippen LogP contribution in [0.5, 0.6) is 0 Å². The normalized spacial score (nSPS) is 12.5. The Kier molecular flexibility index (Phi) is 8.02. The Morgan fingerprint density at radius 3 is 2.28 bits per heavy atom. The van der Waals surface area contributed by atoms with E-state index in [0.29, 0.717) is 11.6 Å². The molecule has 1 atom stereocenters. The molecule has 11 heteroatoms. The summed E-state index contributed by atoms with van der Waals surface area (Å²) in [4.78, 5) is 24.7. The number of esters is 1. The van der Waals surface area contributed by atoms with Crippen LogP contribution in [0.2, 0.25) is 0 Å². The molecule has 0 aliphatic carbocycles. The molecule has 0 aliphatic heterocycles. The van der Waals surface area contributed by atoms with Crippen LogP contribution in [0.1, 0.15) is 36.7 Å². The maximum absolute atomic E-state index is 13.7. The summed E-state index contributed by atoms with van der Waals surface area (Å²) in [5, 5.41) is 2.01. The van der Waals surface area contributed by atoms with Crippen LogP contribution >= 0.6 is 0 Å². The number of ether oxygens (including phenoxy) is 1. The van der Waals surface area contributed by atoms with E-state index in [1.807, 2.05) is 5.32 Å². The van der Waals surface area contributed by atoms with E-state index in [9.17, 15) is 31.2 Å². The first-order chi connectivity index (χ1) is 14.9. The molecule has 0 fully saturated rings. The number of halogens is 3. The number of carbonyl (C=O) groups is 2. The van der Waals surface area contributed by atoms with Crippen LogP contribution in [0.25, 0.3) is 0 Å². The number of nitrogens with one attached hydrogen (secondary N) is 1. The van der Waals surface area contributed by atoms with Crippen LogP contribution in [-0.2, 0) is 19.6 Å². The van der Waals surface area contributed by atoms with Gasteiger partial charge in [-0.05, 0) is 43.7 Å². The van der Waals surface area contributed by atoms with Gasteiger partial charge in [0.05, 0.1) is 16.1 Å². The molecule has 2 aromatic rings. The predicted octanol–water partition coefficient (Wildman–Crippen LogP) is 3.63. The van der Waals surface area contributed by atoms with Gasteiger partial charge in [-0.2, -0.15) is 4.31 Å². The number of sulfonamides is 1. The zero-order valence-electron chi connectivity index (χ0n) is 17.9. The largest absolute Gasteiger partial charge is 0.449 e. The molecule has 2 rings (SSSR count). The SMILES string of the molecule is CCN(CC)S(=O)(=O)c1ccc(C)c(C(=O)OC(C)C(=O)Nc2ccc(F)c(F)c2F)c1. The number of anilines is 1. The number of aryl methyl sites for hydroxylation is 1. The highest BCUT2D eigenvalue weighted by molar-refractivity contribution is 7.89. The molecule has 0 spiro atoms. The van der Waals surface area contributed by atoms with E-state index >= 15 is 0 Å². The van der Waals surface area contributed by atoms with Gasteiger partial charge in [-0.25, -0.2) is 26.4 Å². The molecule has 1 unspecified atom stereocenters. The summed E-state index contributed by atoms with van der Waals surface area (Å²) in [5.74, 6) is -6.74. The van der Waals surface area contributed by atoms with Crippen molar-refractivity contribution < 1.29 is 35.9 Å². The van der Waals surface area contributed by atoms with Crippen molar-refractivity contribution in [3.8, 4) is 0 Å². The Hall–Kier alpha value is -2.92. The maximum Gasteiger partial charge on any atom is 0.339 e. The number of rotatable bonds is 8. The second-order valence-electron chi connectivity index (χ2n) is 6.83. The van der Waals surface area contributed by atoms with Crippen LogP contribution < -0.4 is 5.32 Å². The lowest BCUT2D eigenvalue weighted by molar-refractivity contribution is -0.123. The first-order valence-corrected chi connectivity index (χ1v) is 11.1. The Morgan fingerprint density at radius 1 is 1.06 bits per heavy atom. The fourth-order valence-electron chi connectivity index (χ4n) is 2.83. The number of nitrogens with zero attached hydrogens (tertiary/aromatic N) is 1. The second-order valence-corrected chi connectivity index (χ2v) is 8.76. The van der Waals surface area contributed by atoms with E-state index < -0.39 is 51.1 Å². The minimum absolute atomic E-state index is 0.0723. The Labute approximate surface area is 184 Å². The van der Waals surface area contributed by atoms with Crippen molar-refractivity contribution in [1.82, 2.24) is 4.31 Å². The number of carbonyl (C=O) groups excluding carboxylic acids is 2. The van der Waals surface area contributed by atoms with Crippen molar-refractivity contribution in [3.05, 3.63) is 58.9 Å². The lowest BCUT2D eigenvalue weighted by Gasteiger charge is -2.19. The summed E-state index contributed by atoms with van der Waals surface area (Å²) in [6.45, 7) is 6.60. The molecule has 0 aromatic heterocycles. The monoisotopic (exact) mass is 472 g/mol. The summed E-state index contributed by atoms with van der Waals surface area (Å²) in [7, 11) is -3.83. The van der Waals surface area contributed by atoms with E-state index in [1.54, 1.807) is 20.8 Å². The van der Waals surface area contributed by atoms with Gasteiger partial charge in [0.15, 0.2) is 23.6 Å². The molecule has 1 amide bonds. The number of hydrogen-bond donors (Lipinski definition) is 1. The van der Waals surface area contributed by atoms with Gasteiger partial charge < -0.3 is 10.1 Å². The van der Waals surface area contributed by atoms with E-state index in [1.165, 1.54) is 23.4 Å². The number of hydrogen-bond acceptors (Lipinski definition) is 5. The van der Waals surface area contributed by atoms with Gasteiger partial charge in [0, 0.05) is 13.1 Å². The molecular formula is C21H23F3N2O5S. The van der Waals surface area contributed by atoms with Gasteiger partial charge in [-0.15, -0.1) is 0 Å². The summed E-state index contributed by atoms with van der Waals surface area (Å²) < 4.78 is 71.8. The average Bonchev–Trinajstić information content (AvgIpc) is 2.74. The van der Waals surface area contributed by atoms with Crippen molar-refractivity contribution in [1.29, 1.82) is 0 Å². The second kappa shape index (κ2) is 10.1. The van der Waals surface area contributed by atoms with Crippen molar-refractivity contribution in [3.63, 3.8) is 0 Å². The minimum atomic E-state index is -3.83. The van der Waals surface area contributed by atoms with Gasteiger partial charge in [0.1, 0.15) is 0 Å². The minimum Gasteiger partial charge on any atom is -0.449 e. The lowest BCUT2D eigenvalue weighted by atomic mass is 10.1. The molecule has 0 saturated heterocycles. The fourth-order valence-corrected chi connectivity index (χ4v) is 4.31. The summed E-state index contributed by atoms with van der Waals surface area (Å²) in [5.41, 5.74) is -0.287. The van der Waals surface area contributed by atoms with Gasteiger partial charge >= 0.3 is 5.97 Å². The van der Waals surface area contributed by atoms with Gasteiger partial charge in [0.2, 0.25) is 10.0 Å². The molecule has 32 heavy (non-hydrogen) atoms. The van der Waals surface area contributed by atoms with E-state index in [2.05, 4.69) is 0 Å². The fraction of sp³-hybridized carbons (Fsp3) is 0.333. The molecule has 0 bridgehead atoms. The van der Waals surface area contributed by atoms with Crippen molar-refractivity contribution in [2.45, 2.75) is 38.7 Å². The van der Waals surface area contributed by atoms with Crippen LogP contribution in [0, 0.1) is 24.4 Å². The summed E-state index contributed by atoms with van der Waals surface area (Å²) in [6, 6.07) is 5.42. The summed E-state index contributed by atoms with van der Waals surface area (Å²) in [6.07, 6.45) is -1.45. The Bertz CT molecular complexity index is 1130. The van der Waals surface area contributed by atoms with Crippen molar-refractivity contribution >= 4 is 27.6 Å². The molecule has 174 valence electrons. The topological polar surface area (TPSA) is 92.8 Å². The zero-order valence-corrected chi connectivity index (χ0v) is 18.7. The molecule has 7 nitrogen and oxygen atoms in total. The molecule has 0 heterocycles. The highest BCUT2D eigenvalue weighted by atomic mass is 32.2. The van der Waals surface area contributed by atoms with Crippen LogP contribution in [0.4, 0.5) is 18.9 Å². The van der Waals surface area contributed by atoms with E-state index in [-0.39, 0.29) is 23.5 Å². The smallest absolute Gasteiger partial charge is 0.339 e. The highest BCUT2D eigenvalue weighted by Gasteiger charge is 2.26. The molecule has 1 N–H and O–H groups in total. The molecular weight excluding hydrogens is 449 g/mol. The number of benzene rings is 2. The molecule has 0 aliphatic rings. The number of amides is 1. The van der Waals surface area contributed by atoms with E-state index in [0.717, 1.165) is 12.1 Å². The molecule has 2 aromatic carbocycles. The quantitative estimate of drug-likeness (QED) is 0.468. The van der Waals surface area contributed by atoms with Crippen molar-refractivity contribution in [2.24, 2.45) is 0 Å². The van der Waals surface area contributed by atoms with Gasteiger partial charge in [-0.1, -0.05) is 19.9 Å². The zero-order chi connectivity index (χ0) is 24.2. The first kappa shape index (κ1) is 25.3. The van der Waals surface area contributed by atoms with Crippen LogP contribution in [-0.4, -0.2) is 43.8 Å². The Balaban J connectivity index is 2.21. The van der Waals surface area contributed by atoms with Crippen molar-refractivity contribution in [2.75, 3.05) is 18.4 Å². The average molecular weight is 472 g/mol. The van der Waals surface area contributed by atoms with E-state index in [4.69, 9.17) is 4.74 Å². The summed E-state index contributed by atoms with van der Waals surface area (Å²) >= 11 is 0. The van der Waals surface area contributed by atoms with Crippen LogP contribution in [0.3, 0.4) is 0 Å². The van der Waals surface area contributed by atoms with Gasteiger partial charge in [-0.3, -0.25) is 4.79 Å². The van der Waals surface area contributed by atoms with Gasteiger partial charge in [0.25, 0.3) is 5.91 Å². The third kappa shape index (κ3) is 5.28. The predicted molar refractivity (Wildman–Crippen MR) is 111 cm³/mol. The first-order valence-electron chi connectivity index (χ1n) is 9.70. The standard InChI is InChI=1S/C21H23F3N2O5S/c1-5-26(6-2)32(29,30)14-8-7-12(3)15(11-14)21(28)31-13(4)20(27)25-17-10-9-16(22)18(23)19(17)24/h7-11,13H,5-6H2,1-4H3,(H,25,27). The highest BCUT2D eigenvalue weighted by Crippen LogP contribution is 2.22. The third-order valence-corrected chi connectivity index (χ3v) is 6.76.